The minimum Gasteiger partial charge on any atom is -0.842 e. The summed E-state index contributed by atoms with van der Waals surface area (Å²) in [5.41, 5.74) is 1.85. The summed E-state index contributed by atoms with van der Waals surface area (Å²) < 4.78 is 3.15. The molecular weight excluding hydrogens is 324 g/mol. The maximum absolute atomic E-state index is 12.8. The molecule has 0 spiro atoms. The molecule has 0 aliphatic rings. The van der Waals surface area contributed by atoms with Gasteiger partial charge in [0, 0.05) is 0 Å². The van der Waals surface area contributed by atoms with E-state index in [0.717, 1.165) is 11.6 Å². The smallest absolute Gasteiger partial charge is 0.342 e. The van der Waals surface area contributed by atoms with Crippen molar-refractivity contribution in [3.05, 3.63) is 107 Å². The number of para-hydroxylation sites is 2. The molecule has 0 saturated heterocycles. The normalized spacial score (nSPS) is 10.6. The zero-order valence-corrected chi connectivity index (χ0v) is 13.9. The zero-order chi connectivity index (χ0) is 17.9. The lowest BCUT2D eigenvalue weighted by Crippen LogP contribution is -2.43. The number of nitrogens with zero attached hydrogens (tertiary/aromatic N) is 2. The summed E-state index contributed by atoms with van der Waals surface area (Å²) in [7, 11) is 0. The van der Waals surface area contributed by atoms with Crippen molar-refractivity contribution in [1.29, 1.82) is 0 Å². The first-order chi connectivity index (χ1) is 12.8. The van der Waals surface area contributed by atoms with Gasteiger partial charge in [0.05, 0.1) is 17.5 Å². The van der Waals surface area contributed by atoms with Crippen molar-refractivity contribution in [2.24, 2.45) is 0 Å². The third-order valence-electron chi connectivity index (χ3n) is 4.17. The molecular formula is C22H16N2O2. The van der Waals surface area contributed by atoms with Gasteiger partial charge in [-0.15, -0.1) is 0 Å². The number of aromatic nitrogens is 2. The van der Waals surface area contributed by atoms with E-state index in [2.05, 4.69) is 0 Å². The van der Waals surface area contributed by atoms with Crippen molar-refractivity contribution in [3.63, 3.8) is 0 Å². The van der Waals surface area contributed by atoms with E-state index in [1.807, 2.05) is 91.0 Å². The summed E-state index contributed by atoms with van der Waals surface area (Å²) in [4.78, 5) is 12.8. The number of hydrogen-bond donors (Lipinski definition) is 0. The van der Waals surface area contributed by atoms with E-state index >= 15 is 0 Å². The predicted molar refractivity (Wildman–Crippen MR) is 98.5 cm³/mol. The highest BCUT2D eigenvalue weighted by molar-refractivity contribution is 5.56. The van der Waals surface area contributed by atoms with Crippen molar-refractivity contribution in [3.8, 4) is 28.6 Å². The molecule has 0 amide bonds. The Balaban J connectivity index is 2.15. The third-order valence-corrected chi connectivity index (χ3v) is 4.17. The highest BCUT2D eigenvalue weighted by Crippen LogP contribution is 2.21. The summed E-state index contributed by atoms with van der Waals surface area (Å²) in [5, 5.41) is 12.8. The third kappa shape index (κ3) is 2.78. The van der Waals surface area contributed by atoms with Gasteiger partial charge in [0.15, 0.2) is 0 Å². The molecule has 0 unspecified atom stereocenters. The van der Waals surface area contributed by atoms with Crippen LogP contribution in [0.25, 0.3) is 22.8 Å². The van der Waals surface area contributed by atoms with Crippen LogP contribution in [0, 0.1) is 0 Å². The van der Waals surface area contributed by atoms with E-state index in [-0.39, 0.29) is 11.4 Å². The molecule has 1 heterocycles. The number of hydrogen-bond acceptors (Lipinski definition) is 2. The van der Waals surface area contributed by atoms with Gasteiger partial charge >= 0.3 is 11.4 Å². The minimum absolute atomic E-state index is 0.354. The predicted octanol–water partition coefficient (Wildman–Crippen LogP) is 2.85. The average molecular weight is 340 g/mol. The maximum Gasteiger partial charge on any atom is 0.342 e. The summed E-state index contributed by atoms with van der Waals surface area (Å²) in [5.74, 6) is 0.174. The van der Waals surface area contributed by atoms with Crippen LogP contribution >= 0.6 is 0 Å². The molecule has 4 nitrogen and oxygen atoms in total. The molecule has 0 aliphatic heterocycles. The Kier molecular flexibility index (Phi) is 4.07. The molecule has 3 aromatic carbocycles. The molecule has 0 saturated carbocycles. The van der Waals surface area contributed by atoms with E-state index in [9.17, 15) is 9.90 Å². The molecule has 0 N–H and O–H groups in total. The van der Waals surface area contributed by atoms with Crippen molar-refractivity contribution in [1.82, 2.24) is 4.57 Å². The van der Waals surface area contributed by atoms with E-state index in [1.54, 1.807) is 9.13 Å². The Morgan fingerprint density at radius 2 is 1.27 bits per heavy atom. The van der Waals surface area contributed by atoms with Gasteiger partial charge in [0.1, 0.15) is 11.4 Å². The lowest BCUT2D eigenvalue weighted by molar-refractivity contribution is -0.644. The molecule has 0 aliphatic carbocycles. The molecule has 126 valence electrons. The van der Waals surface area contributed by atoms with Gasteiger partial charge in [-0.05, 0) is 36.4 Å². The molecule has 0 fully saturated rings. The maximum atomic E-state index is 12.8. The second kappa shape index (κ2) is 6.69. The van der Waals surface area contributed by atoms with Crippen LogP contribution in [0.5, 0.6) is 5.88 Å². The quantitative estimate of drug-likeness (QED) is 0.539. The van der Waals surface area contributed by atoms with E-state index in [4.69, 9.17) is 0 Å². The molecule has 0 radical (unpaired) electrons. The van der Waals surface area contributed by atoms with Crippen LogP contribution in [-0.4, -0.2) is 4.57 Å². The fraction of sp³-hybridized carbons (Fsp3) is 0. The summed E-state index contributed by atoms with van der Waals surface area (Å²) in [6.07, 6.45) is 0. The van der Waals surface area contributed by atoms with Gasteiger partial charge in [-0.2, -0.15) is 4.57 Å². The topological polar surface area (TPSA) is 48.9 Å². The fourth-order valence-electron chi connectivity index (χ4n) is 3.04. The van der Waals surface area contributed by atoms with Crippen molar-refractivity contribution in [2.75, 3.05) is 0 Å². The Morgan fingerprint density at radius 1 is 0.731 bits per heavy atom. The van der Waals surface area contributed by atoms with Crippen LogP contribution in [0.1, 0.15) is 0 Å². The Labute approximate surface area is 150 Å². The highest BCUT2D eigenvalue weighted by Gasteiger charge is 2.24. The van der Waals surface area contributed by atoms with E-state index in [0.29, 0.717) is 17.2 Å². The first-order valence-corrected chi connectivity index (χ1v) is 8.31. The fourth-order valence-corrected chi connectivity index (χ4v) is 3.04. The van der Waals surface area contributed by atoms with Gasteiger partial charge < -0.3 is 5.11 Å². The van der Waals surface area contributed by atoms with Gasteiger partial charge in [-0.1, -0.05) is 54.6 Å². The van der Waals surface area contributed by atoms with E-state index < -0.39 is 0 Å². The van der Waals surface area contributed by atoms with Gasteiger partial charge in [0.2, 0.25) is 0 Å². The molecule has 26 heavy (non-hydrogen) atoms. The number of rotatable bonds is 3. The Bertz CT molecular complexity index is 1090. The van der Waals surface area contributed by atoms with Gasteiger partial charge in [0.25, 0.3) is 0 Å². The van der Waals surface area contributed by atoms with Crippen LogP contribution in [0.3, 0.4) is 0 Å². The van der Waals surface area contributed by atoms with E-state index in [1.165, 1.54) is 0 Å². The van der Waals surface area contributed by atoms with Crippen LogP contribution in [0.15, 0.2) is 102 Å². The first kappa shape index (κ1) is 15.8. The summed E-state index contributed by atoms with van der Waals surface area (Å²) in [6, 6.07) is 29.3. The summed E-state index contributed by atoms with van der Waals surface area (Å²) >= 11 is 0. The average Bonchev–Trinajstić information content (AvgIpc) is 2.69. The first-order valence-electron chi connectivity index (χ1n) is 8.31. The van der Waals surface area contributed by atoms with Crippen molar-refractivity contribution < 1.29 is 9.67 Å². The largest absolute Gasteiger partial charge is 0.842 e. The number of benzene rings is 3. The van der Waals surface area contributed by atoms with Gasteiger partial charge in [-0.25, -0.2) is 9.36 Å². The molecule has 4 rings (SSSR count). The van der Waals surface area contributed by atoms with Crippen LogP contribution in [0.4, 0.5) is 0 Å². The molecule has 4 heteroatoms. The van der Waals surface area contributed by atoms with Gasteiger partial charge in [-0.3, -0.25) is 0 Å². The molecule has 4 aromatic rings. The lowest BCUT2D eigenvalue weighted by Gasteiger charge is -2.17. The second-order valence-corrected chi connectivity index (χ2v) is 5.85. The van der Waals surface area contributed by atoms with Crippen LogP contribution in [0.2, 0.25) is 0 Å². The molecule has 0 atom stereocenters. The zero-order valence-electron chi connectivity index (χ0n) is 13.9. The molecule has 1 aromatic heterocycles. The second-order valence-electron chi connectivity index (χ2n) is 5.85. The molecule has 0 bridgehead atoms. The van der Waals surface area contributed by atoms with Crippen LogP contribution in [-0.2, 0) is 0 Å². The SMILES string of the molecule is O=c1cc([O-])[n+](-c2ccccc2)c(-c2ccccc2)n1-c1ccccc1. The standard InChI is InChI=1S/C22H16N2O2/c25-20-16-21(26)24(19-14-8-3-9-15-19)22(17-10-4-1-5-11-17)23(20)18-12-6-2-7-13-18/h1-16H. The lowest BCUT2D eigenvalue weighted by atomic mass is 10.1. The summed E-state index contributed by atoms with van der Waals surface area (Å²) in [6.45, 7) is 0. The Hall–Kier alpha value is -3.66. The van der Waals surface area contributed by atoms with Crippen molar-refractivity contribution in [2.45, 2.75) is 0 Å². The van der Waals surface area contributed by atoms with Crippen molar-refractivity contribution >= 4 is 0 Å². The Morgan fingerprint density at radius 3 is 1.88 bits per heavy atom. The van der Waals surface area contributed by atoms with Crippen LogP contribution < -0.4 is 15.2 Å². The monoisotopic (exact) mass is 340 g/mol. The highest BCUT2D eigenvalue weighted by atomic mass is 16.3. The minimum atomic E-state index is -0.354.